The normalized spacial score (nSPS) is 22.0. The summed E-state index contributed by atoms with van der Waals surface area (Å²) >= 11 is 0. The van der Waals surface area contributed by atoms with Crippen LogP contribution >= 0.6 is 0 Å². The number of nitrogens with zero attached hydrogens (tertiary/aromatic N) is 2. The zero-order valence-corrected chi connectivity index (χ0v) is 13.5. The lowest BCUT2D eigenvalue weighted by molar-refractivity contribution is 0.178. The number of methoxy groups -OCH3 is 1. The van der Waals surface area contributed by atoms with Crippen LogP contribution in [0.25, 0.3) is 0 Å². The van der Waals surface area contributed by atoms with E-state index < -0.39 is 10.8 Å². The summed E-state index contributed by atoms with van der Waals surface area (Å²) in [5.74, 6) is 3.85. The fourth-order valence-electron chi connectivity index (χ4n) is 2.26. The van der Waals surface area contributed by atoms with Gasteiger partial charge in [-0.2, -0.15) is 0 Å². The lowest BCUT2D eigenvalue weighted by Crippen LogP contribution is -2.30. The molecule has 1 aromatic heterocycles. The SMILES string of the molecule is CCCNc1cc(NC2CCS(=O)CC2)nc(COC)n1. The zero-order valence-electron chi connectivity index (χ0n) is 12.7. The summed E-state index contributed by atoms with van der Waals surface area (Å²) in [4.78, 5) is 8.91. The standard InChI is InChI=1S/C14H24N4O2S/c1-3-6-15-12-9-13(18-14(17-12)10-20-2)16-11-4-7-21(19)8-5-11/h9,11H,3-8,10H2,1-2H3,(H2,15,16,17,18). The van der Waals surface area contributed by atoms with Crippen LogP contribution in [0.4, 0.5) is 11.6 Å². The summed E-state index contributed by atoms with van der Waals surface area (Å²) in [7, 11) is 0.998. The predicted octanol–water partition coefficient (Wildman–Crippen LogP) is 1.77. The molecule has 1 fully saturated rings. The number of ether oxygens (including phenoxy) is 1. The number of anilines is 2. The number of nitrogens with one attached hydrogen (secondary N) is 2. The van der Waals surface area contributed by atoms with Crippen molar-refractivity contribution in [2.75, 3.05) is 35.8 Å². The van der Waals surface area contributed by atoms with Crippen LogP contribution in [-0.2, 0) is 22.1 Å². The Labute approximate surface area is 128 Å². The minimum atomic E-state index is -0.640. The second-order valence-electron chi connectivity index (χ2n) is 5.18. The molecule has 118 valence electrons. The van der Waals surface area contributed by atoms with E-state index in [-0.39, 0.29) is 0 Å². The van der Waals surface area contributed by atoms with Crippen molar-refractivity contribution in [3.63, 3.8) is 0 Å². The van der Waals surface area contributed by atoms with Crippen LogP contribution < -0.4 is 10.6 Å². The van der Waals surface area contributed by atoms with Crippen molar-refractivity contribution in [3.05, 3.63) is 11.9 Å². The van der Waals surface area contributed by atoms with Crippen molar-refractivity contribution in [1.82, 2.24) is 9.97 Å². The van der Waals surface area contributed by atoms with E-state index in [0.29, 0.717) is 18.5 Å². The minimum Gasteiger partial charge on any atom is -0.377 e. The van der Waals surface area contributed by atoms with E-state index in [1.807, 2.05) is 6.07 Å². The molecule has 1 aliphatic rings. The van der Waals surface area contributed by atoms with E-state index in [9.17, 15) is 4.21 Å². The van der Waals surface area contributed by atoms with Gasteiger partial charge < -0.3 is 15.4 Å². The maximum Gasteiger partial charge on any atom is 0.158 e. The maximum atomic E-state index is 11.4. The van der Waals surface area contributed by atoms with Gasteiger partial charge in [-0.1, -0.05) is 6.92 Å². The first-order valence-corrected chi connectivity index (χ1v) is 8.92. The second-order valence-corrected chi connectivity index (χ2v) is 6.88. The van der Waals surface area contributed by atoms with E-state index in [1.54, 1.807) is 7.11 Å². The van der Waals surface area contributed by atoms with E-state index in [2.05, 4.69) is 27.5 Å². The Bertz CT molecular complexity index is 474. The highest BCUT2D eigenvalue weighted by Crippen LogP contribution is 2.17. The Morgan fingerprint density at radius 2 is 2.05 bits per heavy atom. The summed E-state index contributed by atoms with van der Waals surface area (Å²) in [6.45, 7) is 3.39. The molecule has 0 amide bonds. The molecule has 0 saturated carbocycles. The molecule has 21 heavy (non-hydrogen) atoms. The molecule has 0 bridgehead atoms. The summed E-state index contributed by atoms with van der Waals surface area (Å²) in [5.41, 5.74) is 0. The quantitative estimate of drug-likeness (QED) is 0.799. The van der Waals surface area contributed by atoms with Crippen LogP contribution in [0.1, 0.15) is 32.0 Å². The highest BCUT2D eigenvalue weighted by atomic mass is 32.2. The average molecular weight is 312 g/mol. The van der Waals surface area contributed by atoms with Crippen LogP contribution in [0, 0.1) is 0 Å². The van der Waals surface area contributed by atoms with Gasteiger partial charge in [0.2, 0.25) is 0 Å². The Balaban J connectivity index is 2.05. The number of aromatic nitrogens is 2. The largest absolute Gasteiger partial charge is 0.377 e. The Morgan fingerprint density at radius 1 is 1.33 bits per heavy atom. The summed E-state index contributed by atoms with van der Waals surface area (Å²) < 4.78 is 16.5. The molecule has 2 N–H and O–H groups in total. The molecule has 0 aliphatic carbocycles. The highest BCUT2D eigenvalue weighted by Gasteiger charge is 2.18. The van der Waals surface area contributed by atoms with Crippen LogP contribution in [0.15, 0.2) is 6.07 Å². The lowest BCUT2D eigenvalue weighted by atomic mass is 10.1. The molecular weight excluding hydrogens is 288 g/mol. The van der Waals surface area contributed by atoms with Crippen molar-refractivity contribution < 1.29 is 8.95 Å². The Hall–Kier alpha value is -1.21. The monoisotopic (exact) mass is 312 g/mol. The number of hydrogen-bond donors (Lipinski definition) is 2. The van der Waals surface area contributed by atoms with Gasteiger partial charge in [-0.25, -0.2) is 9.97 Å². The van der Waals surface area contributed by atoms with Crippen LogP contribution in [0.3, 0.4) is 0 Å². The number of hydrogen-bond acceptors (Lipinski definition) is 6. The molecule has 1 aromatic rings. The second kappa shape index (κ2) is 8.29. The molecule has 6 nitrogen and oxygen atoms in total. The van der Waals surface area contributed by atoms with Gasteiger partial charge in [0.25, 0.3) is 0 Å². The van der Waals surface area contributed by atoms with E-state index in [4.69, 9.17) is 4.74 Å². The third kappa shape index (κ3) is 5.24. The van der Waals surface area contributed by atoms with Crippen LogP contribution in [0.5, 0.6) is 0 Å². The van der Waals surface area contributed by atoms with Gasteiger partial charge in [-0.15, -0.1) is 0 Å². The smallest absolute Gasteiger partial charge is 0.158 e. The number of rotatable bonds is 7. The summed E-state index contributed by atoms with van der Waals surface area (Å²) in [6, 6.07) is 2.27. The lowest BCUT2D eigenvalue weighted by Gasteiger charge is -2.23. The van der Waals surface area contributed by atoms with Gasteiger partial charge in [0.15, 0.2) is 5.82 Å². The topological polar surface area (TPSA) is 76.1 Å². The van der Waals surface area contributed by atoms with Crippen molar-refractivity contribution in [3.8, 4) is 0 Å². The fourth-order valence-corrected chi connectivity index (χ4v) is 3.55. The molecule has 0 aromatic carbocycles. The van der Waals surface area contributed by atoms with Gasteiger partial charge in [-0.05, 0) is 19.3 Å². The van der Waals surface area contributed by atoms with Gasteiger partial charge >= 0.3 is 0 Å². The molecular formula is C14H24N4O2S. The van der Waals surface area contributed by atoms with Crippen molar-refractivity contribution in [2.45, 2.75) is 38.8 Å². The predicted molar refractivity (Wildman–Crippen MR) is 86.0 cm³/mol. The third-order valence-electron chi connectivity index (χ3n) is 3.34. The maximum absolute atomic E-state index is 11.4. The zero-order chi connectivity index (χ0) is 15.1. The average Bonchev–Trinajstić information content (AvgIpc) is 2.48. The van der Waals surface area contributed by atoms with Crippen LogP contribution in [-0.4, -0.2) is 45.4 Å². The van der Waals surface area contributed by atoms with Gasteiger partial charge in [0.05, 0.1) is 0 Å². The van der Waals surface area contributed by atoms with E-state index in [0.717, 1.165) is 48.9 Å². The van der Waals surface area contributed by atoms with Gasteiger partial charge in [-0.3, -0.25) is 4.21 Å². The molecule has 2 heterocycles. The molecule has 7 heteroatoms. The van der Waals surface area contributed by atoms with E-state index >= 15 is 0 Å². The Kier molecular flexibility index (Phi) is 6.38. The van der Waals surface area contributed by atoms with Crippen molar-refractivity contribution >= 4 is 22.4 Å². The first-order chi connectivity index (χ1) is 10.2. The summed E-state index contributed by atoms with van der Waals surface area (Å²) in [6.07, 6.45) is 2.89. The molecule has 1 saturated heterocycles. The van der Waals surface area contributed by atoms with Crippen LogP contribution in [0.2, 0.25) is 0 Å². The molecule has 2 rings (SSSR count). The van der Waals surface area contributed by atoms with Gasteiger partial charge in [0.1, 0.15) is 18.2 Å². The molecule has 1 aliphatic heterocycles. The molecule has 0 radical (unpaired) electrons. The van der Waals surface area contributed by atoms with Crippen molar-refractivity contribution in [1.29, 1.82) is 0 Å². The fraction of sp³-hybridized carbons (Fsp3) is 0.714. The molecule has 0 atom stereocenters. The minimum absolute atomic E-state index is 0.340. The first-order valence-electron chi connectivity index (χ1n) is 7.43. The van der Waals surface area contributed by atoms with Gasteiger partial charge in [0, 0.05) is 48.1 Å². The molecule has 0 unspecified atom stereocenters. The highest BCUT2D eigenvalue weighted by molar-refractivity contribution is 7.85. The third-order valence-corrected chi connectivity index (χ3v) is 4.72. The van der Waals surface area contributed by atoms with E-state index in [1.165, 1.54) is 0 Å². The Morgan fingerprint density at radius 3 is 2.71 bits per heavy atom. The first kappa shape index (κ1) is 16.2. The summed E-state index contributed by atoms with van der Waals surface area (Å²) in [5, 5.41) is 6.72. The van der Waals surface area contributed by atoms with Crippen molar-refractivity contribution in [2.24, 2.45) is 0 Å². The molecule has 0 spiro atoms.